The van der Waals surface area contributed by atoms with E-state index in [0.29, 0.717) is 24.6 Å². The second kappa shape index (κ2) is 7.13. The minimum atomic E-state index is -0.0939. The summed E-state index contributed by atoms with van der Waals surface area (Å²) >= 11 is 0. The Bertz CT molecular complexity index is 608. The highest BCUT2D eigenvalue weighted by molar-refractivity contribution is 5.76. The van der Waals surface area contributed by atoms with Crippen molar-refractivity contribution in [2.24, 2.45) is 0 Å². The zero-order chi connectivity index (χ0) is 15.2. The molecule has 0 saturated carbocycles. The van der Waals surface area contributed by atoms with E-state index >= 15 is 0 Å². The maximum Gasteiger partial charge on any atom is 0.255 e. The van der Waals surface area contributed by atoms with Gasteiger partial charge in [-0.05, 0) is 37.0 Å². The summed E-state index contributed by atoms with van der Waals surface area (Å²) in [5.41, 5.74) is 1.09. The Hall–Kier alpha value is -2.28. The van der Waals surface area contributed by atoms with Crippen LogP contribution in [-0.2, 0) is 22.5 Å². The van der Waals surface area contributed by atoms with Gasteiger partial charge in [-0.15, -0.1) is 0 Å². The first kappa shape index (κ1) is 14.6. The molecule has 0 radical (unpaired) electrons. The third kappa shape index (κ3) is 3.88. The zero-order valence-electron chi connectivity index (χ0n) is 12.2. The number of rotatable bonds is 6. The van der Waals surface area contributed by atoms with Gasteiger partial charge in [0, 0.05) is 25.4 Å². The summed E-state index contributed by atoms with van der Waals surface area (Å²) in [5, 5.41) is 6.65. The highest BCUT2D eigenvalue weighted by Gasteiger charge is 2.23. The lowest BCUT2D eigenvalue weighted by molar-refractivity contribution is -0.121. The fraction of sp³-hybridized carbons (Fsp3) is 0.467. The van der Waals surface area contributed by atoms with E-state index in [-0.39, 0.29) is 18.6 Å². The molecule has 116 valence electrons. The van der Waals surface area contributed by atoms with Crippen molar-refractivity contribution < 1.29 is 14.1 Å². The lowest BCUT2D eigenvalue weighted by Gasteiger charge is -2.03. The molecule has 1 atom stereocenters. The number of carbonyl (C=O) groups is 1. The lowest BCUT2D eigenvalue weighted by Crippen LogP contribution is -2.23. The Morgan fingerprint density at radius 2 is 2.23 bits per heavy atom. The molecule has 3 rings (SSSR count). The van der Waals surface area contributed by atoms with E-state index in [1.54, 1.807) is 12.4 Å². The molecule has 0 unspecified atom stereocenters. The number of aromatic nitrogens is 3. The van der Waals surface area contributed by atoms with Crippen molar-refractivity contribution in [2.75, 3.05) is 6.61 Å². The SMILES string of the molecule is O=C(CCc1ccncc1)NCc1noc([C@@H]2CCCO2)n1. The molecule has 7 nitrogen and oxygen atoms in total. The molecule has 0 spiro atoms. The fourth-order valence-electron chi connectivity index (χ4n) is 2.32. The van der Waals surface area contributed by atoms with Crippen LogP contribution in [0.25, 0.3) is 0 Å². The molecule has 0 bridgehead atoms. The molecule has 1 fully saturated rings. The molecule has 1 aliphatic heterocycles. The van der Waals surface area contributed by atoms with Crippen LogP contribution in [0, 0.1) is 0 Å². The van der Waals surface area contributed by atoms with Crippen LogP contribution in [0.1, 0.15) is 42.6 Å². The number of nitrogens with zero attached hydrogens (tertiary/aromatic N) is 3. The van der Waals surface area contributed by atoms with Gasteiger partial charge in [-0.2, -0.15) is 4.98 Å². The van der Waals surface area contributed by atoms with E-state index in [1.807, 2.05) is 12.1 Å². The van der Waals surface area contributed by atoms with Gasteiger partial charge < -0.3 is 14.6 Å². The lowest BCUT2D eigenvalue weighted by atomic mass is 10.1. The van der Waals surface area contributed by atoms with Gasteiger partial charge in [-0.1, -0.05) is 5.16 Å². The number of nitrogens with one attached hydrogen (secondary N) is 1. The molecule has 0 aliphatic carbocycles. The Morgan fingerprint density at radius 1 is 1.36 bits per heavy atom. The summed E-state index contributed by atoms with van der Waals surface area (Å²) in [6.45, 7) is 1.000. The largest absolute Gasteiger partial charge is 0.368 e. The molecule has 2 aromatic heterocycles. The van der Waals surface area contributed by atoms with Crippen LogP contribution in [0.2, 0.25) is 0 Å². The number of pyridine rings is 1. The first-order valence-corrected chi connectivity index (χ1v) is 7.41. The van der Waals surface area contributed by atoms with Crippen LogP contribution in [-0.4, -0.2) is 27.6 Å². The van der Waals surface area contributed by atoms with Gasteiger partial charge in [0.15, 0.2) is 5.82 Å². The summed E-state index contributed by atoms with van der Waals surface area (Å²) in [6.07, 6.45) is 6.36. The molecule has 1 saturated heterocycles. The highest BCUT2D eigenvalue weighted by atomic mass is 16.5. The molecule has 2 aromatic rings. The molecule has 22 heavy (non-hydrogen) atoms. The molecule has 1 N–H and O–H groups in total. The van der Waals surface area contributed by atoms with Gasteiger partial charge in [0.25, 0.3) is 5.89 Å². The second-order valence-corrected chi connectivity index (χ2v) is 5.18. The van der Waals surface area contributed by atoms with Gasteiger partial charge in [0.2, 0.25) is 5.91 Å². The van der Waals surface area contributed by atoms with Crippen LogP contribution >= 0.6 is 0 Å². The van der Waals surface area contributed by atoms with E-state index in [4.69, 9.17) is 9.26 Å². The quantitative estimate of drug-likeness (QED) is 0.871. The molecule has 7 heteroatoms. The number of carbonyl (C=O) groups excluding carboxylic acids is 1. The van der Waals surface area contributed by atoms with E-state index in [1.165, 1.54) is 0 Å². The summed E-state index contributed by atoms with van der Waals surface area (Å²) in [7, 11) is 0. The fourth-order valence-corrected chi connectivity index (χ4v) is 2.32. The van der Waals surface area contributed by atoms with Crippen molar-refractivity contribution in [1.29, 1.82) is 0 Å². The third-order valence-corrected chi connectivity index (χ3v) is 3.52. The molecule has 0 aromatic carbocycles. The van der Waals surface area contributed by atoms with Crippen molar-refractivity contribution in [3.8, 4) is 0 Å². The predicted molar refractivity (Wildman–Crippen MR) is 76.6 cm³/mol. The van der Waals surface area contributed by atoms with Crippen LogP contribution < -0.4 is 5.32 Å². The van der Waals surface area contributed by atoms with Gasteiger partial charge in [0.05, 0.1) is 6.54 Å². The van der Waals surface area contributed by atoms with Crippen molar-refractivity contribution in [3.05, 3.63) is 41.8 Å². The number of amides is 1. The average molecular weight is 302 g/mol. The summed E-state index contributed by atoms with van der Waals surface area (Å²) in [4.78, 5) is 20.0. The molecule has 1 amide bonds. The molecular weight excluding hydrogens is 284 g/mol. The molecular formula is C15H18N4O3. The Kier molecular flexibility index (Phi) is 4.75. The van der Waals surface area contributed by atoms with E-state index in [2.05, 4.69) is 20.4 Å². The van der Waals surface area contributed by atoms with Crippen LogP contribution in [0.15, 0.2) is 29.0 Å². The van der Waals surface area contributed by atoms with E-state index in [0.717, 1.165) is 25.0 Å². The summed E-state index contributed by atoms with van der Waals surface area (Å²) in [5.74, 6) is 0.932. The molecule has 3 heterocycles. The number of aryl methyl sites for hydroxylation is 1. The maximum absolute atomic E-state index is 11.8. The monoisotopic (exact) mass is 302 g/mol. The van der Waals surface area contributed by atoms with Crippen LogP contribution in [0.5, 0.6) is 0 Å². The zero-order valence-corrected chi connectivity index (χ0v) is 12.2. The van der Waals surface area contributed by atoms with Gasteiger partial charge in [0.1, 0.15) is 6.10 Å². The number of ether oxygens (including phenoxy) is 1. The van der Waals surface area contributed by atoms with Crippen molar-refractivity contribution >= 4 is 5.91 Å². The normalized spacial score (nSPS) is 17.5. The van der Waals surface area contributed by atoms with Crippen molar-refractivity contribution in [1.82, 2.24) is 20.4 Å². The standard InChI is InChI=1S/C15H18N4O3/c20-14(4-3-11-5-7-16-8-6-11)17-10-13-18-15(22-19-13)12-2-1-9-21-12/h5-8,12H,1-4,9-10H2,(H,17,20)/t12-/m0/s1. The van der Waals surface area contributed by atoms with Gasteiger partial charge in [-0.25, -0.2) is 0 Å². The predicted octanol–water partition coefficient (Wildman–Crippen LogP) is 1.57. The van der Waals surface area contributed by atoms with Crippen molar-refractivity contribution in [2.45, 2.75) is 38.3 Å². The second-order valence-electron chi connectivity index (χ2n) is 5.18. The maximum atomic E-state index is 11.8. The first-order chi connectivity index (χ1) is 10.8. The van der Waals surface area contributed by atoms with Gasteiger partial charge in [-0.3, -0.25) is 9.78 Å². The summed E-state index contributed by atoms with van der Waals surface area (Å²) < 4.78 is 10.6. The average Bonchev–Trinajstić information content (AvgIpc) is 3.22. The van der Waals surface area contributed by atoms with Crippen LogP contribution in [0.4, 0.5) is 0 Å². The number of hydrogen-bond donors (Lipinski definition) is 1. The molecule has 1 aliphatic rings. The van der Waals surface area contributed by atoms with Gasteiger partial charge >= 0.3 is 0 Å². The topological polar surface area (TPSA) is 90.1 Å². The van der Waals surface area contributed by atoms with Crippen molar-refractivity contribution in [3.63, 3.8) is 0 Å². The first-order valence-electron chi connectivity index (χ1n) is 7.41. The van der Waals surface area contributed by atoms with E-state index in [9.17, 15) is 4.79 Å². The van der Waals surface area contributed by atoms with E-state index < -0.39 is 0 Å². The Balaban J connectivity index is 1.43. The minimum absolute atomic E-state index is 0.0414. The highest BCUT2D eigenvalue weighted by Crippen LogP contribution is 2.26. The Morgan fingerprint density at radius 3 is 3.00 bits per heavy atom. The number of hydrogen-bond acceptors (Lipinski definition) is 6. The smallest absolute Gasteiger partial charge is 0.255 e. The summed E-state index contributed by atoms with van der Waals surface area (Å²) in [6, 6.07) is 3.81. The van der Waals surface area contributed by atoms with Crippen LogP contribution in [0.3, 0.4) is 0 Å². The Labute approximate surface area is 128 Å². The third-order valence-electron chi connectivity index (χ3n) is 3.52. The minimum Gasteiger partial charge on any atom is -0.368 e.